The Bertz CT molecular complexity index is 618. The summed E-state index contributed by atoms with van der Waals surface area (Å²) in [5.41, 5.74) is 2.21. The molecule has 1 unspecified atom stereocenters. The standard InChI is InChI=1S/C16H18ClFN2S/c1-2-19-15(10-7-8-12(18)11(17)9-10)16-20-13-5-3-4-6-14(13)21-16/h7-9,15,19H,2-6H2,1H3. The van der Waals surface area contributed by atoms with Crippen LogP contribution in [0.5, 0.6) is 0 Å². The number of thiazole rings is 1. The van der Waals surface area contributed by atoms with E-state index >= 15 is 0 Å². The lowest BCUT2D eigenvalue weighted by molar-refractivity contribution is 0.609. The first-order valence-electron chi connectivity index (χ1n) is 7.36. The number of hydrogen-bond acceptors (Lipinski definition) is 3. The molecule has 0 saturated carbocycles. The third-order valence-corrected chi connectivity index (χ3v) is 5.31. The van der Waals surface area contributed by atoms with Crippen LogP contribution in [-0.2, 0) is 12.8 Å². The molecule has 1 aromatic heterocycles. The number of benzene rings is 1. The largest absolute Gasteiger partial charge is 0.305 e. The van der Waals surface area contributed by atoms with Crippen molar-refractivity contribution in [2.75, 3.05) is 6.54 Å². The zero-order chi connectivity index (χ0) is 14.8. The molecule has 3 rings (SSSR count). The molecular weight excluding hydrogens is 307 g/mol. The molecule has 0 amide bonds. The van der Waals surface area contributed by atoms with Crippen molar-refractivity contribution in [3.05, 3.63) is 50.2 Å². The summed E-state index contributed by atoms with van der Waals surface area (Å²) in [6.07, 6.45) is 4.69. The van der Waals surface area contributed by atoms with Gasteiger partial charge in [-0.05, 0) is 49.9 Å². The van der Waals surface area contributed by atoms with Crippen LogP contribution in [0.15, 0.2) is 18.2 Å². The average Bonchev–Trinajstić information content (AvgIpc) is 2.91. The average molecular weight is 325 g/mol. The number of halogens is 2. The normalized spacial score (nSPS) is 15.8. The molecule has 0 fully saturated rings. The summed E-state index contributed by atoms with van der Waals surface area (Å²) in [6, 6.07) is 4.90. The molecule has 1 aliphatic rings. The molecule has 1 heterocycles. The summed E-state index contributed by atoms with van der Waals surface area (Å²) < 4.78 is 13.4. The minimum atomic E-state index is -0.380. The molecule has 1 aliphatic carbocycles. The van der Waals surface area contributed by atoms with Crippen LogP contribution in [0.4, 0.5) is 4.39 Å². The Hall–Kier alpha value is -0.970. The smallest absolute Gasteiger partial charge is 0.141 e. The molecule has 5 heteroatoms. The van der Waals surface area contributed by atoms with Crippen molar-refractivity contribution in [1.82, 2.24) is 10.3 Å². The summed E-state index contributed by atoms with van der Waals surface area (Å²) >= 11 is 7.70. The van der Waals surface area contributed by atoms with Crippen LogP contribution in [0.25, 0.3) is 0 Å². The van der Waals surface area contributed by atoms with Crippen molar-refractivity contribution in [3.8, 4) is 0 Å². The predicted molar refractivity (Wildman–Crippen MR) is 85.7 cm³/mol. The van der Waals surface area contributed by atoms with Crippen molar-refractivity contribution < 1.29 is 4.39 Å². The van der Waals surface area contributed by atoms with Gasteiger partial charge in [-0.15, -0.1) is 11.3 Å². The molecule has 112 valence electrons. The Labute approximate surface area is 133 Å². The van der Waals surface area contributed by atoms with Crippen LogP contribution in [0.1, 0.15) is 46.9 Å². The van der Waals surface area contributed by atoms with Crippen LogP contribution in [0, 0.1) is 5.82 Å². The van der Waals surface area contributed by atoms with Crippen molar-refractivity contribution >= 4 is 22.9 Å². The van der Waals surface area contributed by atoms with Gasteiger partial charge in [0.05, 0.1) is 16.8 Å². The monoisotopic (exact) mass is 324 g/mol. The topological polar surface area (TPSA) is 24.9 Å². The maximum atomic E-state index is 13.4. The van der Waals surface area contributed by atoms with E-state index in [1.165, 1.54) is 29.5 Å². The Kier molecular flexibility index (Phi) is 4.57. The van der Waals surface area contributed by atoms with E-state index in [1.807, 2.05) is 0 Å². The third-order valence-electron chi connectivity index (χ3n) is 3.79. The second kappa shape index (κ2) is 6.42. The maximum Gasteiger partial charge on any atom is 0.141 e. The van der Waals surface area contributed by atoms with Gasteiger partial charge in [0.1, 0.15) is 10.8 Å². The lowest BCUT2D eigenvalue weighted by Gasteiger charge is -2.16. The van der Waals surface area contributed by atoms with E-state index in [0.717, 1.165) is 30.0 Å². The van der Waals surface area contributed by atoms with E-state index in [-0.39, 0.29) is 16.9 Å². The number of aryl methyl sites for hydroxylation is 2. The molecule has 1 aromatic carbocycles. The number of rotatable bonds is 4. The van der Waals surface area contributed by atoms with Gasteiger partial charge in [-0.3, -0.25) is 0 Å². The van der Waals surface area contributed by atoms with Crippen LogP contribution in [-0.4, -0.2) is 11.5 Å². The van der Waals surface area contributed by atoms with E-state index in [1.54, 1.807) is 23.5 Å². The van der Waals surface area contributed by atoms with Crippen molar-refractivity contribution in [1.29, 1.82) is 0 Å². The highest BCUT2D eigenvalue weighted by molar-refractivity contribution is 7.11. The quantitative estimate of drug-likeness (QED) is 0.894. The Morgan fingerprint density at radius 3 is 2.90 bits per heavy atom. The molecule has 2 nitrogen and oxygen atoms in total. The highest BCUT2D eigenvalue weighted by Gasteiger charge is 2.22. The SMILES string of the molecule is CCNC(c1ccc(F)c(Cl)c1)c1nc2c(s1)CCCC2. The zero-order valence-corrected chi connectivity index (χ0v) is 13.5. The Morgan fingerprint density at radius 2 is 2.19 bits per heavy atom. The van der Waals surface area contributed by atoms with Gasteiger partial charge >= 0.3 is 0 Å². The first-order chi connectivity index (χ1) is 10.2. The minimum absolute atomic E-state index is 0.0105. The van der Waals surface area contributed by atoms with Gasteiger partial charge in [-0.2, -0.15) is 0 Å². The van der Waals surface area contributed by atoms with Gasteiger partial charge in [-0.1, -0.05) is 24.6 Å². The second-order valence-electron chi connectivity index (χ2n) is 5.29. The Balaban J connectivity index is 1.96. The third kappa shape index (κ3) is 3.12. The van der Waals surface area contributed by atoms with Gasteiger partial charge in [0, 0.05) is 4.88 Å². The number of fused-ring (bicyclic) bond motifs is 1. The van der Waals surface area contributed by atoms with Crippen LogP contribution >= 0.6 is 22.9 Å². The lowest BCUT2D eigenvalue weighted by atomic mass is 10.0. The molecule has 21 heavy (non-hydrogen) atoms. The van der Waals surface area contributed by atoms with Gasteiger partial charge in [0.2, 0.25) is 0 Å². The zero-order valence-electron chi connectivity index (χ0n) is 12.0. The molecule has 0 saturated heterocycles. The summed E-state index contributed by atoms with van der Waals surface area (Å²) in [5, 5.41) is 4.66. The first kappa shape index (κ1) is 14.9. The lowest BCUT2D eigenvalue weighted by Crippen LogP contribution is -2.22. The van der Waals surface area contributed by atoms with Crippen molar-refractivity contribution in [2.45, 2.75) is 38.6 Å². The summed E-state index contributed by atoms with van der Waals surface area (Å²) in [6.45, 7) is 2.88. The molecule has 1 N–H and O–H groups in total. The van der Waals surface area contributed by atoms with E-state index in [0.29, 0.717) is 0 Å². The van der Waals surface area contributed by atoms with Gasteiger partial charge in [0.25, 0.3) is 0 Å². The van der Waals surface area contributed by atoms with E-state index in [2.05, 4.69) is 12.2 Å². The van der Waals surface area contributed by atoms with Crippen LogP contribution < -0.4 is 5.32 Å². The first-order valence-corrected chi connectivity index (χ1v) is 8.55. The fraction of sp³-hybridized carbons (Fsp3) is 0.438. The van der Waals surface area contributed by atoms with Crippen molar-refractivity contribution in [3.63, 3.8) is 0 Å². The number of aromatic nitrogens is 1. The molecular formula is C16H18ClFN2S. The highest BCUT2D eigenvalue weighted by Crippen LogP contribution is 2.33. The second-order valence-corrected chi connectivity index (χ2v) is 6.82. The molecule has 0 bridgehead atoms. The molecule has 2 aromatic rings. The summed E-state index contributed by atoms with van der Waals surface area (Å²) in [7, 11) is 0. The summed E-state index contributed by atoms with van der Waals surface area (Å²) in [4.78, 5) is 6.23. The molecule has 0 radical (unpaired) electrons. The number of nitrogens with zero attached hydrogens (tertiary/aromatic N) is 1. The predicted octanol–water partition coefficient (Wildman–Crippen LogP) is 4.51. The van der Waals surface area contributed by atoms with E-state index < -0.39 is 0 Å². The van der Waals surface area contributed by atoms with E-state index in [9.17, 15) is 4.39 Å². The van der Waals surface area contributed by atoms with Gasteiger partial charge in [-0.25, -0.2) is 9.37 Å². The van der Waals surface area contributed by atoms with E-state index in [4.69, 9.17) is 16.6 Å². The molecule has 0 aliphatic heterocycles. The number of hydrogen-bond donors (Lipinski definition) is 1. The number of nitrogens with one attached hydrogen (secondary N) is 1. The fourth-order valence-electron chi connectivity index (χ4n) is 2.74. The highest BCUT2D eigenvalue weighted by atomic mass is 35.5. The summed E-state index contributed by atoms with van der Waals surface area (Å²) in [5.74, 6) is -0.380. The fourth-order valence-corrected chi connectivity index (χ4v) is 4.19. The van der Waals surface area contributed by atoms with Crippen LogP contribution in [0.2, 0.25) is 5.02 Å². The molecule has 1 atom stereocenters. The minimum Gasteiger partial charge on any atom is -0.305 e. The van der Waals surface area contributed by atoms with Crippen LogP contribution in [0.3, 0.4) is 0 Å². The van der Waals surface area contributed by atoms with Gasteiger partial charge in [0.15, 0.2) is 0 Å². The molecule has 0 spiro atoms. The maximum absolute atomic E-state index is 13.4. The Morgan fingerprint density at radius 1 is 1.38 bits per heavy atom. The van der Waals surface area contributed by atoms with Gasteiger partial charge < -0.3 is 5.32 Å². The van der Waals surface area contributed by atoms with Crippen molar-refractivity contribution in [2.24, 2.45) is 0 Å².